The summed E-state index contributed by atoms with van der Waals surface area (Å²) in [5.74, 6) is 0.532. The van der Waals surface area contributed by atoms with Gasteiger partial charge in [0.05, 0.1) is 11.3 Å². The van der Waals surface area contributed by atoms with Crippen molar-refractivity contribution >= 4 is 0 Å². The van der Waals surface area contributed by atoms with Crippen LogP contribution < -0.4 is 0 Å². The van der Waals surface area contributed by atoms with Crippen molar-refractivity contribution in [1.29, 1.82) is 0 Å². The zero-order valence-corrected chi connectivity index (χ0v) is 9.42. The van der Waals surface area contributed by atoms with Gasteiger partial charge in [0.15, 0.2) is 0 Å². The van der Waals surface area contributed by atoms with E-state index in [-0.39, 0.29) is 5.69 Å². The molecular formula is C12H11F3N2. The van der Waals surface area contributed by atoms with Crippen LogP contribution in [-0.2, 0) is 6.18 Å². The Balaban J connectivity index is 2.73. The highest BCUT2D eigenvalue weighted by Gasteiger charge is 2.34. The number of hydrogen-bond acceptors (Lipinski definition) is 1. The summed E-state index contributed by atoms with van der Waals surface area (Å²) in [7, 11) is 0. The molecule has 0 amide bonds. The molecule has 5 heteroatoms. The summed E-state index contributed by atoms with van der Waals surface area (Å²) in [6.45, 7) is 3.33. The van der Waals surface area contributed by atoms with Gasteiger partial charge in [0, 0.05) is 12.4 Å². The van der Waals surface area contributed by atoms with Crippen LogP contribution in [0.25, 0.3) is 5.69 Å². The number of alkyl halides is 3. The van der Waals surface area contributed by atoms with Crippen molar-refractivity contribution < 1.29 is 13.2 Å². The van der Waals surface area contributed by atoms with Gasteiger partial charge in [-0.1, -0.05) is 12.1 Å². The second-order valence-electron chi connectivity index (χ2n) is 3.81. The quantitative estimate of drug-likeness (QED) is 0.745. The molecule has 0 saturated heterocycles. The molecule has 0 bridgehead atoms. The Morgan fingerprint density at radius 1 is 1.18 bits per heavy atom. The van der Waals surface area contributed by atoms with Crippen LogP contribution in [0.3, 0.4) is 0 Å². The molecule has 0 saturated carbocycles. The Kier molecular flexibility index (Phi) is 2.69. The molecule has 0 aliphatic rings. The van der Waals surface area contributed by atoms with Crippen LogP contribution in [0.2, 0.25) is 0 Å². The normalized spacial score (nSPS) is 11.8. The van der Waals surface area contributed by atoms with Gasteiger partial charge in [0.2, 0.25) is 0 Å². The minimum Gasteiger partial charge on any atom is -0.303 e. The molecule has 0 aliphatic carbocycles. The lowest BCUT2D eigenvalue weighted by atomic mass is 10.1. The van der Waals surface area contributed by atoms with Gasteiger partial charge in [0.25, 0.3) is 0 Å². The third-order valence-electron chi connectivity index (χ3n) is 2.61. The largest absolute Gasteiger partial charge is 0.418 e. The minimum absolute atomic E-state index is 0.148. The van der Waals surface area contributed by atoms with Crippen LogP contribution in [0.4, 0.5) is 13.2 Å². The Hall–Kier alpha value is -1.78. The highest BCUT2D eigenvalue weighted by molar-refractivity contribution is 5.49. The van der Waals surface area contributed by atoms with Gasteiger partial charge in [-0.05, 0) is 25.5 Å². The maximum atomic E-state index is 12.9. The van der Waals surface area contributed by atoms with E-state index in [0.29, 0.717) is 11.4 Å². The number of benzene rings is 1. The summed E-state index contributed by atoms with van der Waals surface area (Å²) in [5.41, 5.74) is 0.0783. The molecule has 0 aliphatic heterocycles. The van der Waals surface area contributed by atoms with E-state index in [1.807, 2.05) is 0 Å². The molecule has 2 nitrogen and oxygen atoms in total. The molecule has 1 aromatic heterocycles. The molecule has 0 unspecified atom stereocenters. The van der Waals surface area contributed by atoms with Crippen LogP contribution in [0, 0.1) is 13.8 Å². The van der Waals surface area contributed by atoms with Crippen molar-refractivity contribution in [3.8, 4) is 5.69 Å². The number of aryl methyl sites for hydroxylation is 2. The van der Waals surface area contributed by atoms with E-state index in [9.17, 15) is 13.2 Å². The fourth-order valence-electron chi connectivity index (χ4n) is 1.82. The maximum absolute atomic E-state index is 12.9. The second kappa shape index (κ2) is 3.91. The minimum atomic E-state index is -4.36. The van der Waals surface area contributed by atoms with E-state index in [2.05, 4.69) is 4.98 Å². The highest BCUT2D eigenvalue weighted by Crippen LogP contribution is 2.35. The third kappa shape index (κ3) is 2.05. The van der Waals surface area contributed by atoms with Crippen LogP contribution in [0.15, 0.2) is 30.6 Å². The average Bonchev–Trinajstić information content (AvgIpc) is 2.62. The monoisotopic (exact) mass is 240 g/mol. The number of aromatic nitrogens is 2. The molecule has 0 atom stereocenters. The highest BCUT2D eigenvalue weighted by atomic mass is 19.4. The first-order valence-electron chi connectivity index (χ1n) is 5.08. The van der Waals surface area contributed by atoms with Crippen molar-refractivity contribution in [2.24, 2.45) is 0 Å². The number of imidazole rings is 1. The molecule has 1 heterocycles. The lowest BCUT2D eigenvalue weighted by Crippen LogP contribution is -2.12. The summed E-state index contributed by atoms with van der Waals surface area (Å²) < 4.78 is 40.2. The van der Waals surface area contributed by atoms with E-state index in [0.717, 1.165) is 6.07 Å². The molecule has 17 heavy (non-hydrogen) atoms. The zero-order valence-electron chi connectivity index (χ0n) is 9.42. The Morgan fingerprint density at radius 3 is 2.41 bits per heavy atom. The number of halogens is 3. The lowest BCUT2D eigenvalue weighted by molar-refractivity contribution is -0.137. The number of nitrogens with zero attached hydrogens (tertiary/aromatic N) is 2. The van der Waals surface area contributed by atoms with Crippen LogP contribution in [0.1, 0.15) is 17.0 Å². The molecule has 0 fully saturated rings. The molecule has 0 spiro atoms. The molecule has 2 aromatic rings. The van der Waals surface area contributed by atoms with Gasteiger partial charge in [-0.25, -0.2) is 4.98 Å². The number of rotatable bonds is 1. The molecule has 90 valence electrons. The fourth-order valence-corrected chi connectivity index (χ4v) is 1.82. The third-order valence-corrected chi connectivity index (χ3v) is 2.61. The molecule has 0 N–H and O–H groups in total. The van der Waals surface area contributed by atoms with E-state index in [4.69, 9.17) is 0 Å². The molecule has 0 radical (unpaired) electrons. The first-order valence-corrected chi connectivity index (χ1v) is 5.08. The van der Waals surface area contributed by atoms with Gasteiger partial charge >= 0.3 is 6.18 Å². The van der Waals surface area contributed by atoms with Crippen molar-refractivity contribution in [2.75, 3.05) is 0 Å². The maximum Gasteiger partial charge on any atom is 0.418 e. The first kappa shape index (κ1) is 11.7. The summed E-state index contributed by atoms with van der Waals surface area (Å²) in [6.07, 6.45) is -1.34. The molecular weight excluding hydrogens is 229 g/mol. The average molecular weight is 240 g/mol. The Morgan fingerprint density at radius 2 is 1.88 bits per heavy atom. The van der Waals surface area contributed by atoms with Crippen molar-refractivity contribution in [3.63, 3.8) is 0 Å². The van der Waals surface area contributed by atoms with Gasteiger partial charge in [-0.3, -0.25) is 0 Å². The number of hydrogen-bond donors (Lipinski definition) is 0. The smallest absolute Gasteiger partial charge is 0.303 e. The fraction of sp³-hybridized carbons (Fsp3) is 0.250. The summed E-state index contributed by atoms with van der Waals surface area (Å²) in [6, 6.07) is 4.15. The topological polar surface area (TPSA) is 17.8 Å². The Bertz CT molecular complexity index is 541. The van der Waals surface area contributed by atoms with Crippen molar-refractivity contribution in [2.45, 2.75) is 20.0 Å². The zero-order chi connectivity index (χ0) is 12.6. The van der Waals surface area contributed by atoms with Gasteiger partial charge in [0.1, 0.15) is 5.82 Å². The van der Waals surface area contributed by atoms with Crippen LogP contribution in [-0.4, -0.2) is 9.55 Å². The van der Waals surface area contributed by atoms with E-state index in [1.165, 1.54) is 23.0 Å². The predicted octanol–water partition coefficient (Wildman–Crippen LogP) is 3.51. The van der Waals surface area contributed by atoms with Gasteiger partial charge in [-0.2, -0.15) is 13.2 Å². The van der Waals surface area contributed by atoms with E-state index >= 15 is 0 Å². The van der Waals surface area contributed by atoms with E-state index in [1.54, 1.807) is 19.9 Å². The summed E-state index contributed by atoms with van der Waals surface area (Å²) >= 11 is 0. The standard InChI is InChI=1S/C12H11F3N2/c1-8-4-3-5-10(12(13,14)15)11(8)17-7-6-16-9(17)2/h3-7H,1-2H3. The first-order chi connectivity index (χ1) is 7.91. The lowest BCUT2D eigenvalue weighted by Gasteiger charge is -2.16. The molecule has 1 aromatic carbocycles. The van der Waals surface area contributed by atoms with Crippen LogP contribution in [0.5, 0.6) is 0 Å². The number of para-hydroxylation sites is 1. The Labute approximate surface area is 96.7 Å². The molecule has 2 rings (SSSR count). The van der Waals surface area contributed by atoms with Crippen molar-refractivity contribution in [1.82, 2.24) is 9.55 Å². The van der Waals surface area contributed by atoms with Gasteiger partial charge in [-0.15, -0.1) is 0 Å². The van der Waals surface area contributed by atoms with Crippen LogP contribution >= 0.6 is 0 Å². The summed E-state index contributed by atoms with van der Waals surface area (Å²) in [4.78, 5) is 3.95. The predicted molar refractivity (Wildman–Crippen MR) is 58.0 cm³/mol. The van der Waals surface area contributed by atoms with E-state index < -0.39 is 11.7 Å². The van der Waals surface area contributed by atoms with Crippen molar-refractivity contribution in [3.05, 3.63) is 47.5 Å². The summed E-state index contributed by atoms with van der Waals surface area (Å²) in [5, 5.41) is 0. The van der Waals surface area contributed by atoms with Gasteiger partial charge < -0.3 is 4.57 Å². The second-order valence-corrected chi connectivity index (χ2v) is 3.81. The SMILES string of the molecule is Cc1cccc(C(F)(F)F)c1-n1ccnc1C.